The highest BCUT2D eigenvalue weighted by Gasteiger charge is 2.34. The summed E-state index contributed by atoms with van der Waals surface area (Å²) in [7, 11) is 2.17. The summed E-state index contributed by atoms with van der Waals surface area (Å²) in [4.78, 5) is 15.4. The van der Waals surface area contributed by atoms with E-state index < -0.39 is 6.17 Å². The first-order valence-corrected chi connectivity index (χ1v) is 9.64. The first-order chi connectivity index (χ1) is 11.4. The molecule has 4 N–H and O–H groups in total. The Morgan fingerprint density at radius 2 is 2.21 bits per heavy atom. The standard InChI is InChI=1S/C16H15BrClN3O2S/c1-21-3-2-8-11(6-21)24-16-12(8)15(23)19-14(20-16)9-4-7(18)5-10(17)13(9)22/h4-5,14,20,22H,2-3,6H2,1H3,(H,19,23)/p+1/t14-/m0/s1. The molecule has 0 spiro atoms. The van der Waals surface area contributed by atoms with E-state index >= 15 is 0 Å². The summed E-state index contributed by atoms with van der Waals surface area (Å²) in [5, 5.41) is 18.0. The number of phenols is 1. The fourth-order valence-corrected chi connectivity index (χ4v) is 5.52. The number of thiophene rings is 1. The lowest BCUT2D eigenvalue weighted by Gasteiger charge is -2.27. The van der Waals surface area contributed by atoms with Crippen LogP contribution in [0.15, 0.2) is 16.6 Å². The van der Waals surface area contributed by atoms with Crippen molar-refractivity contribution in [1.82, 2.24) is 5.32 Å². The van der Waals surface area contributed by atoms with E-state index in [0.29, 0.717) is 15.1 Å². The average molecular weight is 430 g/mol. The maximum Gasteiger partial charge on any atom is 0.256 e. The van der Waals surface area contributed by atoms with E-state index in [1.807, 2.05) is 0 Å². The number of halogens is 2. The van der Waals surface area contributed by atoms with Crippen molar-refractivity contribution >= 4 is 49.8 Å². The Balaban J connectivity index is 1.74. The molecule has 2 aromatic rings. The van der Waals surface area contributed by atoms with E-state index in [1.54, 1.807) is 23.5 Å². The van der Waals surface area contributed by atoms with Crippen LogP contribution < -0.4 is 15.5 Å². The maximum absolute atomic E-state index is 12.7. The van der Waals surface area contributed by atoms with Crippen LogP contribution in [0, 0.1) is 0 Å². The van der Waals surface area contributed by atoms with Crippen LogP contribution in [0.25, 0.3) is 0 Å². The minimum Gasteiger partial charge on any atom is -0.506 e. The van der Waals surface area contributed by atoms with Crippen molar-refractivity contribution in [2.45, 2.75) is 19.1 Å². The van der Waals surface area contributed by atoms with Crippen molar-refractivity contribution in [1.29, 1.82) is 0 Å². The van der Waals surface area contributed by atoms with Gasteiger partial charge >= 0.3 is 0 Å². The monoisotopic (exact) mass is 428 g/mol. The van der Waals surface area contributed by atoms with Gasteiger partial charge in [-0.1, -0.05) is 11.6 Å². The number of quaternary nitrogens is 1. The highest BCUT2D eigenvalue weighted by Crippen LogP contribution is 2.42. The zero-order valence-electron chi connectivity index (χ0n) is 12.9. The molecule has 2 aliphatic rings. The van der Waals surface area contributed by atoms with Gasteiger partial charge in [0, 0.05) is 17.0 Å². The molecule has 1 aromatic carbocycles. The summed E-state index contributed by atoms with van der Waals surface area (Å²) < 4.78 is 0.502. The largest absolute Gasteiger partial charge is 0.506 e. The van der Waals surface area contributed by atoms with Crippen LogP contribution in [-0.4, -0.2) is 24.6 Å². The Kier molecular flexibility index (Phi) is 3.99. The van der Waals surface area contributed by atoms with Gasteiger partial charge in [0.2, 0.25) is 0 Å². The first-order valence-electron chi connectivity index (χ1n) is 7.65. The number of aromatic hydroxyl groups is 1. The second kappa shape index (κ2) is 5.91. The lowest BCUT2D eigenvalue weighted by Crippen LogP contribution is -3.08. The van der Waals surface area contributed by atoms with Crippen LogP contribution in [-0.2, 0) is 13.0 Å². The fraction of sp³-hybridized carbons (Fsp3) is 0.312. The van der Waals surface area contributed by atoms with Gasteiger partial charge in [0.15, 0.2) is 0 Å². The minimum atomic E-state index is -0.509. The first kappa shape index (κ1) is 16.2. The second-order valence-electron chi connectivity index (χ2n) is 6.22. The Morgan fingerprint density at radius 3 is 3.00 bits per heavy atom. The van der Waals surface area contributed by atoms with Gasteiger partial charge in [-0.2, -0.15) is 0 Å². The van der Waals surface area contributed by atoms with Gasteiger partial charge in [-0.05, 0) is 33.6 Å². The molecule has 0 fully saturated rings. The number of hydrogen-bond donors (Lipinski definition) is 4. The van der Waals surface area contributed by atoms with E-state index in [9.17, 15) is 9.90 Å². The summed E-state index contributed by atoms with van der Waals surface area (Å²) in [5.74, 6) is -0.0209. The molecule has 24 heavy (non-hydrogen) atoms. The summed E-state index contributed by atoms with van der Waals surface area (Å²) in [6, 6.07) is 3.29. The molecule has 0 bridgehead atoms. The molecule has 0 saturated heterocycles. The van der Waals surface area contributed by atoms with Crippen molar-refractivity contribution in [3.05, 3.63) is 43.2 Å². The maximum atomic E-state index is 12.7. The lowest BCUT2D eigenvalue weighted by atomic mass is 10.0. The Bertz CT molecular complexity index is 854. The molecular formula is C16H16BrClN3O2S+. The van der Waals surface area contributed by atoms with Crippen LogP contribution in [0.5, 0.6) is 5.75 Å². The molecule has 2 aliphatic heterocycles. The van der Waals surface area contributed by atoms with Crippen LogP contribution in [0.1, 0.15) is 32.5 Å². The van der Waals surface area contributed by atoms with Gasteiger partial charge in [0.25, 0.3) is 5.91 Å². The van der Waals surface area contributed by atoms with Crippen LogP contribution in [0.4, 0.5) is 5.00 Å². The van der Waals surface area contributed by atoms with Crippen LogP contribution in [0.3, 0.4) is 0 Å². The fourth-order valence-electron chi connectivity index (χ4n) is 3.29. The highest BCUT2D eigenvalue weighted by atomic mass is 79.9. The number of hydrogen-bond acceptors (Lipinski definition) is 4. The number of rotatable bonds is 1. The van der Waals surface area contributed by atoms with E-state index in [1.165, 1.54) is 15.3 Å². The summed E-state index contributed by atoms with van der Waals surface area (Å²) in [6.45, 7) is 1.98. The number of carbonyl (C=O) groups is 1. The predicted molar refractivity (Wildman–Crippen MR) is 98.1 cm³/mol. The van der Waals surface area contributed by atoms with Gasteiger partial charge < -0.3 is 20.6 Å². The van der Waals surface area contributed by atoms with E-state index in [0.717, 1.165) is 30.1 Å². The quantitative estimate of drug-likeness (QED) is 0.562. The third kappa shape index (κ3) is 2.60. The van der Waals surface area contributed by atoms with Gasteiger partial charge in [-0.15, -0.1) is 11.3 Å². The highest BCUT2D eigenvalue weighted by molar-refractivity contribution is 9.10. The van der Waals surface area contributed by atoms with Gasteiger partial charge in [-0.25, -0.2) is 0 Å². The number of fused-ring (bicyclic) bond motifs is 3. The van der Waals surface area contributed by atoms with E-state index in [4.69, 9.17) is 11.6 Å². The molecule has 0 saturated carbocycles. The molecule has 3 heterocycles. The number of benzene rings is 1. The van der Waals surface area contributed by atoms with Crippen LogP contribution in [0.2, 0.25) is 5.02 Å². The SMILES string of the molecule is C[NH+]1CCc2c(sc3c2C(=O)N[C@H](c2cc(Cl)cc(Br)c2O)N3)C1. The topological polar surface area (TPSA) is 65.8 Å². The molecule has 0 aliphatic carbocycles. The molecule has 2 atom stereocenters. The number of phenolic OH excluding ortho intramolecular Hbond substituents is 1. The van der Waals surface area contributed by atoms with E-state index in [-0.39, 0.29) is 11.7 Å². The van der Waals surface area contributed by atoms with Crippen molar-refractivity contribution in [3.63, 3.8) is 0 Å². The Morgan fingerprint density at radius 1 is 1.42 bits per heavy atom. The third-order valence-electron chi connectivity index (χ3n) is 4.50. The van der Waals surface area contributed by atoms with Crippen molar-refractivity contribution in [2.75, 3.05) is 18.9 Å². The van der Waals surface area contributed by atoms with Gasteiger partial charge in [0.1, 0.15) is 23.5 Å². The molecule has 4 rings (SSSR count). The molecule has 5 nitrogen and oxygen atoms in total. The molecule has 8 heteroatoms. The molecule has 0 radical (unpaired) electrons. The summed E-state index contributed by atoms with van der Waals surface area (Å²) in [6.07, 6.45) is 0.408. The summed E-state index contributed by atoms with van der Waals surface area (Å²) >= 11 is 11.0. The van der Waals surface area contributed by atoms with Gasteiger partial charge in [0.05, 0.1) is 28.5 Å². The Hall–Kier alpha value is -1.28. The lowest BCUT2D eigenvalue weighted by molar-refractivity contribution is -0.895. The summed E-state index contributed by atoms with van der Waals surface area (Å²) in [5.41, 5.74) is 2.47. The zero-order chi connectivity index (χ0) is 17.0. The number of likely N-dealkylation sites (N-methyl/N-ethyl adjacent to an activating group) is 1. The molecule has 1 unspecified atom stereocenters. The zero-order valence-corrected chi connectivity index (χ0v) is 16.0. The number of anilines is 1. The van der Waals surface area contributed by atoms with Crippen molar-refractivity contribution in [2.24, 2.45) is 0 Å². The van der Waals surface area contributed by atoms with Gasteiger partial charge in [-0.3, -0.25) is 4.79 Å². The van der Waals surface area contributed by atoms with E-state index in [2.05, 4.69) is 33.6 Å². The minimum absolute atomic E-state index is 0.0751. The molecular weight excluding hydrogens is 414 g/mol. The number of nitrogens with one attached hydrogen (secondary N) is 3. The normalized spacial score (nSPS) is 22.4. The second-order valence-corrected chi connectivity index (χ2v) is 8.61. The van der Waals surface area contributed by atoms with Crippen molar-refractivity contribution in [3.8, 4) is 5.75 Å². The number of amides is 1. The number of carbonyl (C=O) groups excluding carboxylic acids is 1. The third-order valence-corrected chi connectivity index (χ3v) is 6.49. The predicted octanol–water partition coefficient (Wildman–Crippen LogP) is 2.29. The smallest absolute Gasteiger partial charge is 0.256 e. The molecule has 1 aromatic heterocycles. The molecule has 126 valence electrons. The Labute approximate surface area is 156 Å². The van der Waals surface area contributed by atoms with Crippen LogP contribution >= 0.6 is 38.9 Å². The average Bonchev–Trinajstić information content (AvgIpc) is 2.88. The molecule has 1 amide bonds. The van der Waals surface area contributed by atoms with Crippen molar-refractivity contribution < 1.29 is 14.8 Å².